The summed E-state index contributed by atoms with van der Waals surface area (Å²) < 4.78 is 0. The zero-order chi connectivity index (χ0) is 8.97. The maximum absolute atomic E-state index is 6.01. The summed E-state index contributed by atoms with van der Waals surface area (Å²) in [6.07, 6.45) is 8.21. The molecule has 0 spiro atoms. The molecule has 0 aliphatic heterocycles. The first kappa shape index (κ1) is 9.75. The second-order valence-electron chi connectivity index (χ2n) is 3.62. The quantitative estimate of drug-likeness (QED) is 0.628. The lowest BCUT2D eigenvalue weighted by Gasteiger charge is -2.24. The summed E-state index contributed by atoms with van der Waals surface area (Å²) in [5.41, 5.74) is 13.3. The summed E-state index contributed by atoms with van der Waals surface area (Å²) >= 11 is 0. The molecule has 0 aromatic heterocycles. The Kier molecular flexibility index (Phi) is 3.76. The number of nitrogens with two attached hydrogens (primary N) is 2. The maximum Gasteiger partial charge on any atom is 0.0407 e. The highest BCUT2D eigenvalue weighted by Gasteiger charge is 2.16. The highest BCUT2D eigenvalue weighted by atomic mass is 14.8. The third-order valence-corrected chi connectivity index (χ3v) is 2.69. The fraction of sp³-hybridized carbons (Fsp3) is 0.800. The van der Waals surface area contributed by atoms with Crippen molar-refractivity contribution >= 4 is 0 Å². The molecule has 4 N–H and O–H groups in total. The van der Waals surface area contributed by atoms with Crippen LogP contribution in [0.15, 0.2) is 11.6 Å². The van der Waals surface area contributed by atoms with Gasteiger partial charge in [-0.2, -0.15) is 0 Å². The Morgan fingerprint density at radius 2 is 2.17 bits per heavy atom. The van der Waals surface area contributed by atoms with Crippen molar-refractivity contribution in [1.29, 1.82) is 0 Å². The minimum absolute atomic E-state index is 0.107. The van der Waals surface area contributed by atoms with Crippen molar-refractivity contribution in [2.45, 2.75) is 51.1 Å². The van der Waals surface area contributed by atoms with Gasteiger partial charge in [-0.25, -0.2) is 0 Å². The summed E-state index contributed by atoms with van der Waals surface area (Å²) in [7, 11) is 0. The van der Waals surface area contributed by atoms with Gasteiger partial charge in [-0.15, -0.1) is 0 Å². The molecular formula is C10H20N2. The molecule has 1 rings (SSSR count). The highest BCUT2D eigenvalue weighted by Crippen LogP contribution is 2.20. The van der Waals surface area contributed by atoms with Crippen LogP contribution in [-0.4, -0.2) is 12.1 Å². The Morgan fingerprint density at radius 3 is 2.67 bits per heavy atom. The van der Waals surface area contributed by atoms with Gasteiger partial charge >= 0.3 is 0 Å². The van der Waals surface area contributed by atoms with Crippen LogP contribution < -0.4 is 11.5 Å². The van der Waals surface area contributed by atoms with E-state index in [9.17, 15) is 0 Å². The molecule has 12 heavy (non-hydrogen) atoms. The lowest BCUT2D eigenvalue weighted by molar-refractivity contribution is 0.529. The van der Waals surface area contributed by atoms with E-state index in [1.165, 1.54) is 24.8 Å². The van der Waals surface area contributed by atoms with Gasteiger partial charge in [0.15, 0.2) is 0 Å². The van der Waals surface area contributed by atoms with Crippen LogP contribution in [0, 0.1) is 0 Å². The summed E-state index contributed by atoms with van der Waals surface area (Å²) in [6.45, 7) is 2.09. The fourth-order valence-corrected chi connectivity index (χ4v) is 1.69. The summed E-state index contributed by atoms with van der Waals surface area (Å²) in [5, 5.41) is 0. The zero-order valence-corrected chi connectivity index (χ0v) is 7.92. The van der Waals surface area contributed by atoms with Gasteiger partial charge < -0.3 is 11.5 Å². The Labute approximate surface area is 75.0 Å². The monoisotopic (exact) mass is 168 g/mol. The van der Waals surface area contributed by atoms with Crippen molar-refractivity contribution in [1.82, 2.24) is 0 Å². The summed E-state index contributed by atoms with van der Waals surface area (Å²) in [4.78, 5) is 0. The van der Waals surface area contributed by atoms with Gasteiger partial charge in [-0.05, 0) is 32.1 Å². The molecule has 1 aliphatic carbocycles. The van der Waals surface area contributed by atoms with E-state index >= 15 is 0 Å². The van der Waals surface area contributed by atoms with Gasteiger partial charge in [-0.3, -0.25) is 0 Å². The minimum atomic E-state index is 0.107. The molecule has 2 nitrogen and oxygen atoms in total. The topological polar surface area (TPSA) is 52.0 Å². The van der Waals surface area contributed by atoms with Crippen molar-refractivity contribution in [2.75, 3.05) is 0 Å². The van der Waals surface area contributed by atoms with Gasteiger partial charge in [0.05, 0.1) is 0 Å². The van der Waals surface area contributed by atoms with Crippen LogP contribution in [0.3, 0.4) is 0 Å². The number of hydrogen-bond donors (Lipinski definition) is 2. The van der Waals surface area contributed by atoms with E-state index in [-0.39, 0.29) is 12.1 Å². The first-order chi connectivity index (χ1) is 5.75. The molecule has 0 aromatic rings. The maximum atomic E-state index is 6.01. The fourth-order valence-electron chi connectivity index (χ4n) is 1.69. The molecule has 0 saturated carbocycles. The van der Waals surface area contributed by atoms with Crippen LogP contribution in [0.4, 0.5) is 0 Å². The molecule has 1 aliphatic rings. The summed E-state index contributed by atoms with van der Waals surface area (Å²) in [5.74, 6) is 0. The third kappa shape index (κ3) is 2.32. The van der Waals surface area contributed by atoms with E-state index in [0.717, 1.165) is 12.8 Å². The standard InChI is InChI=1S/C10H20N2/c1-2-9(11)10(12)8-6-4-3-5-7-8/h6,9-10H,2-5,7,11-12H2,1H3. The lowest BCUT2D eigenvalue weighted by atomic mass is 9.90. The molecule has 0 saturated heterocycles. The Morgan fingerprint density at radius 1 is 1.42 bits per heavy atom. The molecule has 70 valence electrons. The summed E-state index contributed by atoms with van der Waals surface area (Å²) in [6, 6.07) is 0.254. The van der Waals surface area contributed by atoms with E-state index in [2.05, 4.69) is 13.0 Å². The molecule has 0 fully saturated rings. The average molecular weight is 168 g/mol. The van der Waals surface area contributed by atoms with Crippen molar-refractivity contribution in [3.05, 3.63) is 11.6 Å². The van der Waals surface area contributed by atoms with Crippen LogP contribution in [0.25, 0.3) is 0 Å². The Hall–Kier alpha value is -0.340. The van der Waals surface area contributed by atoms with E-state index < -0.39 is 0 Å². The number of rotatable bonds is 3. The van der Waals surface area contributed by atoms with Gasteiger partial charge in [0.2, 0.25) is 0 Å². The van der Waals surface area contributed by atoms with Gasteiger partial charge in [-0.1, -0.05) is 18.6 Å². The van der Waals surface area contributed by atoms with Gasteiger partial charge in [0.25, 0.3) is 0 Å². The van der Waals surface area contributed by atoms with Crippen LogP contribution in [-0.2, 0) is 0 Å². The van der Waals surface area contributed by atoms with Gasteiger partial charge in [0.1, 0.15) is 0 Å². The second kappa shape index (κ2) is 4.63. The molecule has 2 heteroatoms. The molecule has 0 heterocycles. The van der Waals surface area contributed by atoms with E-state index in [1.54, 1.807) is 0 Å². The third-order valence-electron chi connectivity index (χ3n) is 2.69. The first-order valence-corrected chi connectivity index (χ1v) is 4.95. The minimum Gasteiger partial charge on any atom is -0.326 e. The predicted molar refractivity (Wildman–Crippen MR) is 52.8 cm³/mol. The number of hydrogen-bond acceptors (Lipinski definition) is 2. The van der Waals surface area contributed by atoms with Crippen molar-refractivity contribution in [2.24, 2.45) is 11.5 Å². The highest BCUT2D eigenvalue weighted by molar-refractivity contribution is 5.14. The van der Waals surface area contributed by atoms with Crippen LogP contribution in [0.1, 0.15) is 39.0 Å². The average Bonchev–Trinajstić information content (AvgIpc) is 2.17. The second-order valence-corrected chi connectivity index (χ2v) is 3.62. The molecular weight excluding hydrogens is 148 g/mol. The molecule has 0 bridgehead atoms. The zero-order valence-electron chi connectivity index (χ0n) is 7.92. The largest absolute Gasteiger partial charge is 0.326 e. The molecule has 0 radical (unpaired) electrons. The van der Waals surface area contributed by atoms with Crippen molar-refractivity contribution in [3.63, 3.8) is 0 Å². The molecule has 0 amide bonds. The molecule has 2 atom stereocenters. The van der Waals surface area contributed by atoms with Crippen LogP contribution in [0.5, 0.6) is 0 Å². The molecule has 2 unspecified atom stereocenters. The smallest absolute Gasteiger partial charge is 0.0407 e. The van der Waals surface area contributed by atoms with Crippen molar-refractivity contribution in [3.8, 4) is 0 Å². The van der Waals surface area contributed by atoms with E-state index in [0.29, 0.717) is 0 Å². The Bertz CT molecular complexity index is 163. The Balaban J connectivity index is 2.49. The van der Waals surface area contributed by atoms with E-state index in [1.807, 2.05) is 0 Å². The first-order valence-electron chi connectivity index (χ1n) is 4.95. The van der Waals surface area contributed by atoms with E-state index in [4.69, 9.17) is 11.5 Å². The lowest BCUT2D eigenvalue weighted by Crippen LogP contribution is -2.42. The van der Waals surface area contributed by atoms with Crippen LogP contribution in [0.2, 0.25) is 0 Å². The van der Waals surface area contributed by atoms with Crippen LogP contribution >= 0.6 is 0 Å². The predicted octanol–water partition coefficient (Wildman–Crippen LogP) is 1.55. The SMILES string of the molecule is CCC(N)C(N)C1=CCCCC1. The van der Waals surface area contributed by atoms with Gasteiger partial charge in [0, 0.05) is 12.1 Å². The normalized spacial score (nSPS) is 23.1. The molecule has 0 aromatic carbocycles. The number of allylic oxidation sites excluding steroid dienone is 1. The van der Waals surface area contributed by atoms with Crippen molar-refractivity contribution < 1.29 is 0 Å².